The molecule has 2 rings (SSSR count). The Morgan fingerprint density at radius 2 is 1.41 bits per heavy atom. The average molecular weight is 239 g/mol. The maximum absolute atomic E-state index is 12.1. The minimum Gasteiger partial charge on any atom is -0.368 e. The molecule has 6 heteroatoms. The molecule has 4 N–H and O–H groups in total. The van der Waals surface area contributed by atoms with Gasteiger partial charge < -0.3 is 16.4 Å². The van der Waals surface area contributed by atoms with Gasteiger partial charge in [0.05, 0.1) is 13.1 Å². The highest BCUT2D eigenvalue weighted by Crippen LogP contribution is 2.54. The SMILES string of the molecule is NC(=O)CN(CC(N)=O)C(=O)C1CC2CC2C1. The minimum atomic E-state index is -0.622. The van der Waals surface area contributed by atoms with Crippen LogP contribution in [0.25, 0.3) is 0 Å². The number of fused-ring (bicyclic) bond motifs is 1. The highest BCUT2D eigenvalue weighted by atomic mass is 16.2. The van der Waals surface area contributed by atoms with E-state index in [1.165, 1.54) is 11.3 Å². The second kappa shape index (κ2) is 4.35. The third kappa shape index (κ3) is 2.75. The molecule has 17 heavy (non-hydrogen) atoms. The average Bonchev–Trinajstić information content (AvgIpc) is 2.82. The Bertz CT molecular complexity index is 343. The summed E-state index contributed by atoms with van der Waals surface area (Å²) >= 11 is 0. The van der Waals surface area contributed by atoms with E-state index in [2.05, 4.69) is 0 Å². The first-order valence-corrected chi connectivity index (χ1v) is 5.82. The number of hydrogen-bond donors (Lipinski definition) is 2. The van der Waals surface area contributed by atoms with E-state index in [-0.39, 0.29) is 24.9 Å². The van der Waals surface area contributed by atoms with Crippen LogP contribution in [-0.4, -0.2) is 35.7 Å². The molecule has 0 aromatic rings. The Balaban J connectivity index is 1.95. The van der Waals surface area contributed by atoms with Gasteiger partial charge in [0.2, 0.25) is 17.7 Å². The predicted molar refractivity (Wildman–Crippen MR) is 59.3 cm³/mol. The van der Waals surface area contributed by atoms with Crippen LogP contribution in [0.15, 0.2) is 0 Å². The number of carbonyl (C=O) groups is 3. The zero-order valence-electron chi connectivity index (χ0n) is 9.59. The summed E-state index contributed by atoms with van der Waals surface area (Å²) in [4.78, 5) is 35.0. The molecule has 0 heterocycles. The zero-order valence-corrected chi connectivity index (χ0v) is 9.59. The summed E-state index contributed by atoms with van der Waals surface area (Å²) in [6, 6.07) is 0. The standard InChI is InChI=1S/C11H17N3O3/c12-9(15)4-14(5-10(13)16)11(17)8-2-6-1-7(6)3-8/h6-8H,1-5H2,(H2,12,15)(H2,13,16). The van der Waals surface area contributed by atoms with E-state index in [1.807, 2.05) is 0 Å². The smallest absolute Gasteiger partial charge is 0.237 e. The summed E-state index contributed by atoms with van der Waals surface area (Å²) in [5, 5.41) is 0. The van der Waals surface area contributed by atoms with Crippen LogP contribution in [0.3, 0.4) is 0 Å². The molecule has 2 saturated carbocycles. The summed E-state index contributed by atoms with van der Waals surface area (Å²) in [6.07, 6.45) is 2.96. The number of primary amides is 2. The van der Waals surface area contributed by atoms with Crippen molar-refractivity contribution in [2.75, 3.05) is 13.1 Å². The molecule has 0 saturated heterocycles. The molecule has 2 fully saturated rings. The molecule has 0 aliphatic heterocycles. The first-order valence-electron chi connectivity index (χ1n) is 5.82. The van der Waals surface area contributed by atoms with Gasteiger partial charge in [-0.2, -0.15) is 0 Å². The van der Waals surface area contributed by atoms with Gasteiger partial charge in [0, 0.05) is 5.92 Å². The van der Waals surface area contributed by atoms with Crippen LogP contribution in [0, 0.1) is 17.8 Å². The third-order valence-electron chi connectivity index (χ3n) is 3.60. The first-order chi connectivity index (χ1) is 7.97. The van der Waals surface area contributed by atoms with Crippen molar-refractivity contribution in [2.24, 2.45) is 29.2 Å². The lowest BCUT2D eigenvalue weighted by Crippen LogP contribution is -2.45. The van der Waals surface area contributed by atoms with Gasteiger partial charge in [-0.1, -0.05) is 0 Å². The fourth-order valence-corrected chi connectivity index (χ4v) is 2.76. The predicted octanol–water partition coefficient (Wildman–Crippen LogP) is -1.17. The summed E-state index contributed by atoms with van der Waals surface area (Å²) in [6.45, 7) is -0.457. The van der Waals surface area contributed by atoms with Crippen LogP contribution in [0.5, 0.6) is 0 Å². The largest absolute Gasteiger partial charge is 0.368 e. The third-order valence-corrected chi connectivity index (χ3v) is 3.60. The maximum Gasteiger partial charge on any atom is 0.237 e. The molecule has 0 radical (unpaired) electrons. The molecule has 3 amide bonds. The van der Waals surface area contributed by atoms with Gasteiger partial charge in [0.25, 0.3) is 0 Å². The van der Waals surface area contributed by atoms with Gasteiger partial charge in [-0.3, -0.25) is 14.4 Å². The van der Waals surface area contributed by atoms with Crippen LogP contribution in [0.2, 0.25) is 0 Å². The Hall–Kier alpha value is -1.59. The molecule has 0 spiro atoms. The summed E-state index contributed by atoms with van der Waals surface area (Å²) in [5.41, 5.74) is 10.1. The van der Waals surface area contributed by atoms with E-state index in [4.69, 9.17) is 11.5 Å². The van der Waals surface area contributed by atoms with Crippen LogP contribution < -0.4 is 11.5 Å². The number of hydrogen-bond acceptors (Lipinski definition) is 3. The lowest BCUT2D eigenvalue weighted by Gasteiger charge is -2.23. The fraction of sp³-hybridized carbons (Fsp3) is 0.727. The number of rotatable bonds is 5. The van der Waals surface area contributed by atoms with Crippen LogP contribution in [-0.2, 0) is 14.4 Å². The van der Waals surface area contributed by atoms with Crippen molar-refractivity contribution in [3.05, 3.63) is 0 Å². The lowest BCUT2D eigenvalue weighted by atomic mass is 10.0. The van der Waals surface area contributed by atoms with E-state index in [1.54, 1.807) is 0 Å². The number of carbonyl (C=O) groups excluding carboxylic acids is 3. The quantitative estimate of drug-likeness (QED) is 0.631. The van der Waals surface area contributed by atoms with Crippen molar-refractivity contribution in [2.45, 2.75) is 19.3 Å². The maximum atomic E-state index is 12.1. The summed E-state index contributed by atoms with van der Waals surface area (Å²) in [5.74, 6) is -0.112. The molecule has 2 atom stereocenters. The summed E-state index contributed by atoms with van der Waals surface area (Å²) < 4.78 is 0. The Kier molecular flexibility index (Phi) is 3.04. The van der Waals surface area contributed by atoms with Gasteiger partial charge in [-0.05, 0) is 31.1 Å². The van der Waals surface area contributed by atoms with Crippen molar-refractivity contribution in [3.8, 4) is 0 Å². The van der Waals surface area contributed by atoms with Gasteiger partial charge in [0.1, 0.15) is 0 Å². The number of nitrogens with zero attached hydrogens (tertiary/aromatic N) is 1. The van der Waals surface area contributed by atoms with Gasteiger partial charge in [-0.25, -0.2) is 0 Å². The normalized spacial score (nSPS) is 29.5. The van der Waals surface area contributed by atoms with Gasteiger partial charge in [-0.15, -0.1) is 0 Å². The van der Waals surface area contributed by atoms with Crippen molar-refractivity contribution in [1.29, 1.82) is 0 Å². The molecular formula is C11H17N3O3. The van der Waals surface area contributed by atoms with Gasteiger partial charge >= 0.3 is 0 Å². The molecular weight excluding hydrogens is 222 g/mol. The Morgan fingerprint density at radius 3 is 1.82 bits per heavy atom. The van der Waals surface area contributed by atoms with E-state index in [9.17, 15) is 14.4 Å². The minimum absolute atomic E-state index is 0.0579. The van der Waals surface area contributed by atoms with Crippen molar-refractivity contribution in [1.82, 2.24) is 4.90 Å². The number of amides is 3. The van der Waals surface area contributed by atoms with E-state index < -0.39 is 11.8 Å². The molecule has 0 aromatic carbocycles. The second-order valence-corrected chi connectivity index (χ2v) is 5.05. The molecule has 2 aliphatic carbocycles. The van der Waals surface area contributed by atoms with Crippen LogP contribution >= 0.6 is 0 Å². The molecule has 0 aromatic heterocycles. The molecule has 6 nitrogen and oxygen atoms in total. The molecule has 2 unspecified atom stereocenters. The molecule has 0 bridgehead atoms. The van der Waals surface area contributed by atoms with E-state index >= 15 is 0 Å². The lowest BCUT2D eigenvalue weighted by molar-refractivity contribution is -0.141. The first kappa shape index (κ1) is 11.9. The van der Waals surface area contributed by atoms with Crippen molar-refractivity contribution < 1.29 is 14.4 Å². The molecule has 94 valence electrons. The Morgan fingerprint density at radius 1 is 0.941 bits per heavy atom. The van der Waals surface area contributed by atoms with Crippen LogP contribution in [0.1, 0.15) is 19.3 Å². The van der Waals surface area contributed by atoms with Crippen LogP contribution in [0.4, 0.5) is 0 Å². The zero-order chi connectivity index (χ0) is 12.6. The summed E-state index contributed by atoms with van der Waals surface area (Å²) in [7, 11) is 0. The monoisotopic (exact) mass is 239 g/mol. The van der Waals surface area contributed by atoms with E-state index in [0.29, 0.717) is 11.8 Å². The van der Waals surface area contributed by atoms with Crippen molar-refractivity contribution in [3.63, 3.8) is 0 Å². The molecule has 2 aliphatic rings. The van der Waals surface area contributed by atoms with Crippen molar-refractivity contribution >= 4 is 17.7 Å². The highest BCUT2D eigenvalue weighted by molar-refractivity contribution is 5.89. The highest BCUT2D eigenvalue weighted by Gasteiger charge is 2.48. The number of nitrogens with two attached hydrogens (primary N) is 2. The topological polar surface area (TPSA) is 106 Å². The van der Waals surface area contributed by atoms with Gasteiger partial charge in [0.15, 0.2) is 0 Å². The van der Waals surface area contributed by atoms with E-state index in [0.717, 1.165) is 12.8 Å². The Labute approximate surface area is 99.3 Å². The fourth-order valence-electron chi connectivity index (χ4n) is 2.76. The second-order valence-electron chi connectivity index (χ2n) is 5.05.